The molecule has 0 bridgehead atoms. The van der Waals surface area contributed by atoms with E-state index >= 15 is 4.39 Å². The van der Waals surface area contributed by atoms with Crippen molar-refractivity contribution in [2.45, 2.75) is 109 Å². The summed E-state index contributed by atoms with van der Waals surface area (Å²) in [7, 11) is 0. The fourth-order valence-electron chi connectivity index (χ4n) is 5.92. The monoisotopic (exact) mass is 522 g/mol. The Hall–Kier alpha value is -1.68. The summed E-state index contributed by atoms with van der Waals surface area (Å²) >= 11 is 1.42. The molecule has 7 nitrogen and oxygen atoms in total. The lowest BCUT2D eigenvalue weighted by molar-refractivity contribution is -0.154. The normalized spacial score (nSPS) is 38.2. The Morgan fingerprint density at radius 3 is 2.58 bits per heavy atom. The number of halogens is 1. The van der Waals surface area contributed by atoms with Crippen molar-refractivity contribution in [1.82, 2.24) is 10.3 Å². The Balaban J connectivity index is 1.58. The summed E-state index contributed by atoms with van der Waals surface area (Å²) in [5, 5.41) is 27.3. The molecule has 2 unspecified atom stereocenters. The van der Waals surface area contributed by atoms with Crippen molar-refractivity contribution < 1.29 is 28.9 Å². The molecule has 3 N–H and O–H groups in total. The highest BCUT2D eigenvalue weighted by Crippen LogP contribution is 2.49. The molecule has 7 atom stereocenters. The number of Topliss-reactive ketones (excluding diaryl/α,β-unsaturated/α-hetero) is 1. The number of aliphatic hydroxyl groups excluding tert-OH is 2. The van der Waals surface area contributed by atoms with Gasteiger partial charge in [-0.2, -0.15) is 0 Å². The Bertz CT molecular complexity index is 1010. The molecule has 9 heteroatoms. The van der Waals surface area contributed by atoms with Gasteiger partial charge in [-0.3, -0.25) is 9.59 Å². The Labute approximate surface area is 216 Å². The first-order valence-electron chi connectivity index (χ1n) is 13.1. The molecule has 3 aliphatic rings. The topological polar surface area (TPSA) is 112 Å². The summed E-state index contributed by atoms with van der Waals surface area (Å²) in [4.78, 5) is 30.8. The summed E-state index contributed by atoms with van der Waals surface area (Å²) in [5.41, 5.74) is -0.954. The molecular weight excluding hydrogens is 483 g/mol. The maximum Gasteiger partial charge on any atom is 0.223 e. The maximum atomic E-state index is 15.4. The van der Waals surface area contributed by atoms with Crippen LogP contribution in [0.25, 0.3) is 6.08 Å². The lowest BCUT2D eigenvalue weighted by atomic mass is 9.58. The van der Waals surface area contributed by atoms with Crippen LogP contribution in [0.3, 0.4) is 0 Å². The van der Waals surface area contributed by atoms with Crippen LogP contribution < -0.4 is 5.32 Å². The van der Waals surface area contributed by atoms with E-state index in [0.29, 0.717) is 18.5 Å². The zero-order chi connectivity index (χ0) is 26.3. The number of ketones is 1. The lowest BCUT2D eigenvalue weighted by Crippen LogP contribution is -2.54. The highest BCUT2D eigenvalue weighted by atomic mass is 32.1. The number of hydrogen-bond donors (Lipinski definition) is 3. The number of fused-ring (bicyclic) bond motifs is 1. The number of aryl methyl sites for hydroxylation is 1. The average molecular weight is 523 g/mol. The van der Waals surface area contributed by atoms with E-state index in [0.717, 1.165) is 30.7 Å². The van der Waals surface area contributed by atoms with E-state index in [4.69, 9.17) is 4.74 Å². The van der Waals surface area contributed by atoms with Crippen molar-refractivity contribution in [2.75, 3.05) is 0 Å². The quantitative estimate of drug-likeness (QED) is 0.504. The number of rotatable bonds is 2. The zero-order valence-electron chi connectivity index (χ0n) is 21.6. The van der Waals surface area contributed by atoms with Crippen LogP contribution in [0.2, 0.25) is 0 Å². The first-order valence-corrected chi connectivity index (χ1v) is 14.0. The van der Waals surface area contributed by atoms with Gasteiger partial charge in [0.25, 0.3) is 0 Å². The molecule has 3 heterocycles. The Kier molecular flexibility index (Phi) is 8.05. The number of aliphatic hydroxyl groups is 2. The minimum atomic E-state index is -1.19. The van der Waals surface area contributed by atoms with E-state index < -0.39 is 46.9 Å². The number of amides is 1. The molecule has 0 radical (unpaired) electrons. The highest BCUT2D eigenvalue weighted by molar-refractivity contribution is 7.09. The molecule has 1 aromatic heterocycles. The smallest absolute Gasteiger partial charge is 0.223 e. The largest absolute Gasteiger partial charge is 0.392 e. The third kappa shape index (κ3) is 5.59. The van der Waals surface area contributed by atoms with Gasteiger partial charge < -0.3 is 20.3 Å². The number of aromatic nitrogens is 1. The number of epoxide rings is 1. The fraction of sp³-hybridized carbons (Fsp3) is 0.741. The Morgan fingerprint density at radius 2 is 1.97 bits per heavy atom. The first-order chi connectivity index (χ1) is 16.9. The Morgan fingerprint density at radius 1 is 1.25 bits per heavy atom. The van der Waals surface area contributed by atoms with Gasteiger partial charge in [0.2, 0.25) is 5.91 Å². The third-order valence-electron chi connectivity index (χ3n) is 8.67. The van der Waals surface area contributed by atoms with Gasteiger partial charge in [0.05, 0.1) is 52.5 Å². The van der Waals surface area contributed by atoms with Crippen LogP contribution in [-0.4, -0.2) is 56.8 Å². The van der Waals surface area contributed by atoms with Crippen LogP contribution in [0.5, 0.6) is 0 Å². The molecule has 2 aliphatic heterocycles. The molecule has 1 spiro atoms. The highest BCUT2D eigenvalue weighted by Gasteiger charge is 2.54. The number of nitrogens with one attached hydrogen (secondary N) is 1. The zero-order valence-corrected chi connectivity index (χ0v) is 22.4. The van der Waals surface area contributed by atoms with Gasteiger partial charge in [0.1, 0.15) is 11.6 Å². The summed E-state index contributed by atoms with van der Waals surface area (Å²) in [6.07, 6.45) is 3.13. The van der Waals surface area contributed by atoms with Gasteiger partial charge in [-0.1, -0.05) is 26.7 Å². The second-order valence-corrected chi connectivity index (χ2v) is 12.4. The van der Waals surface area contributed by atoms with E-state index in [9.17, 15) is 19.8 Å². The van der Waals surface area contributed by atoms with E-state index in [2.05, 4.69) is 10.3 Å². The summed E-state index contributed by atoms with van der Waals surface area (Å²) in [6.45, 7) is 7.50. The molecule has 1 amide bonds. The van der Waals surface area contributed by atoms with Crippen molar-refractivity contribution in [3.63, 3.8) is 0 Å². The van der Waals surface area contributed by atoms with Crippen molar-refractivity contribution in [3.8, 4) is 0 Å². The SMILES string of the molecule is Cc1nc(C=C(F)[C@@H]2CC3OC3(C)CCC[C@H](C)[C@H](O)[C@@H](C)C(=O)C3(CCC3)[C@@H](O)CC(=O)N2)cs1. The second kappa shape index (κ2) is 10.6. The van der Waals surface area contributed by atoms with Crippen LogP contribution in [0.4, 0.5) is 4.39 Å². The van der Waals surface area contributed by atoms with Crippen molar-refractivity contribution in [2.24, 2.45) is 17.3 Å². The van der Waals surface area contributed by atoms with Crippen LogP contribution in [0, 0.1) is 24.2 Å². The predicted octanol–water partition coefficient (Wildman–Crippen LogP) is 4.10. The van der Waals surface area contributed by atoms with E-state index in [-0.39, 0.29) is 30.6 Å². The van der Waals surface area contributed by atoms with Gasteiger partial charge in [-0.25, -0.2) is 9.37 Å². The van der Waals surface area contributed by atoms with Gasteiger partial charge >= 0.3 is 0 Å². The van der Waals surface area contributed by atoms with Crippen molar-refractivity contribution in [3.05, 3.63) is 21.9 Å². The summed E-state index contributed by atoms with van der Waals surface area (Å²) in [5.74, 6) is -1.94. The maximum absolute atomic E-state index is 15.4. The summed E-state index contributed by atoms with van der Waals surface area (Å²) in [6, 6.07) is -0.917. The number of carbonyl (C=O) groups excluding carboxylic acids is 2. The molecular formula is C27H39FN2O5S. The summed E-state index contributed by atoms with van der Waals surface area (Å²) < 4.78 is 21.4. The molecule has 4 rings (SSSR count). The molecule has 1 aliphatic carbocycles. The van der Waals surface area contributed by atoms with Gasteiger partial charge in [-0.05, 0) is 51.5 Å². The van der Waals surface area contributed by atoms with Crippen LogP contribution in [0.15, 0.2) is 11.2 Å². The number of hydrogen-bond acceptors (Lipinski definition) is 7. The molecule has 200 valence electrons. The van der Waals surface area contributed by atoms with Crippen LogP contribution in [-0.2, 0) is 14.3 Å². The molecule has 1 saturated carbocycles. The molecule has 1 aromatic rings. The van der Waals surface area contributed by atoms with Gasteiger partial charge in [-0.15, -0.1) is 11.3 Å². The van der Waals surface area contributed by atoms with Crippen molar-refractivity contribution >= 4 is 29.1 Å². The molecule has 2 saturated heterocycles. The molecule has 36 heavy (non-hydrogen) atoms. The van der Waals surface area contributed by atoms with E-state index in [1.807, 2.05) is 20.8 Å². The van der Waals surface area contributed by atoms with E-state index in [1.54, 1.807) is 12.3 Å². The number of nitrogens with zero attached hydrogens (tertiary/aromatic N) is 1. The number of carbonyl (C=O) groups is 2. The standard InChI is InChI=1S/C27H39FN2O5S/c1-15-7-5-8-26(4)22(35-26)12-20(19(28)11-18-14-36-17(3)29-18)30-23(32)13-21(31)27(9-6-10-27)25(34)16(2)24(15)33/h11,14-16,20-22,24,31,33H,5-10,12-13H2,1-4H3,(H,30,32)/t15-,16+,20-,21-,22?,24-,26?/m0/s1. The second-order valence-electron chi connectivity index (χ2n) is 11.3. The van der Waals surface area contributed by atoms with Gasteiger partial charge in [0, 0.05) is 17.7 Å². The molecule has 0 aromatic carbocycles. The van der Waals surface area contributed by atoms with E-state index in [1.165, 1.54) is 17.4 Å². The fourth-order valence-corrected chi connectivity index (χ4v) is 6.49. The number of thiazole rings is 1. The minimum absolute atomic E-state index is 0.0927. The van der Waals surface area contributed by atoms with Crippen LogP contribution >= 0.6 is 11.3 Å². The minimum Gasteiger partial charge on any atom is -0.392 e. The van der Waals surface area contributed by atoms with Gasteiger partial charge in [0.15, 0.2) is 0 Å². The third-order valence-corrected chi connectivity index (χ3v) is 9.46. The van der Waals surface area contributed by atoms with Crippen molar-refractivity contribution in [1.29, 1.82) is 0 Å². The first kappa shape index (κ1) is 27.4. The molecule has 3 fully saturated rings. The lowest BCUT2D eigenvalue weighted by Gasteiger charge is -2.46. The van der Waals surface area contributed by atoms with Crippen LogP contribution in [0.1, 0.15) is 82.8 Å². The average Bonchev–Trinajstić information content (AvgIpc) is 3.22. The predicted molar refractivity (Wildman–Crippen MR) is 136 cm³/mol. The number of ether oxygens (including phenoxy) is 1.